The summed E-state index contributed by atoms with van der Waals surface area (Å²) in [6, 6.07) is 0. The van der Waals surface area contributed by atoms with Crippen LogP contribution in [0.5, 0.6) is 0 Å². The molecule has 6 nitrogen and oxygen atoms in total. The van der Waals surface area contributed by atoms with Crippen LogP contribution in [0.1, 0.15) is 0 Å². The van der Waals surface area contributed by atoms with Gasteiger partial charge < -0.3 is 0 Å². The summed E-state index contributed by atoms with van der Waals surface area (Å²) < 4.78 is -2.67. The zero-order chi connectivity index (χ0) is 22.0. The molecule has 0 heterocycles. The SMILES string of the molecule is O=[N+]([O-])C1(C2(Cl)C=CC(Cl)C(Cl)(Cl)C2(Cl)[N+](=O)[O-])C(Cl)=C(Cl)C(Cl)=C(Cl)C1Cl. The predicted octanol–water partition coefficient (Wildman–Crippen LogP) is 6.54. The molecule has 2 rings (SSSR count). The second kappa shape index (κ2) is 7.80. The molecule has 156 valence electrons. The van der Waals surface area contributed by atoms with Crippen molar-refractivity contribution in [2.45, 2.75) is 30.5 Å². The maximum atomic E-state index is 12.3. The van der Waals surface area contributed by atoms with Crippen molar-refractivity contribution in [2.75, 3.05) is 0 Å². The highest BCUT2D eigenvalue weighted by Crippen LogP contribution is 2.65. The quantitative estimate of drug-likeness (QED) is 0.122. The molecule has 0 aliphatic heterocycles. The fourth-order valence-electron chi connectivity index (χ4n) is 2.93. The molecule has 0 bridgehead atoms. The van der Waals surface area contributed by atoms with Crippen LogP contribution in [0.25, 0.3) is 0 Å². The first-order valence-electron chi connectivity index (χ1n) is 6.70. The number of alkyl halides is 6. The molecule has 0 saturated carbocycles. The summed E-state index contributed by atoms with van der Waals surface area (Å²) in [5.41, 5.74) is -3.01. The summed E-state index contributed by atoms with van der Waals surface area (Å²) in [6.07, 6.45) is 1.76. The number of hydrogen-bond acceptors (Lipinski definition) is 4. The number of allylic oxidation sites excluding steroid dienone is 3. The lowest BCUT2D eigenvalue weighted by molar-refractivity contribution is -0.599. The van der Waals surface area contributed by atoms with E-state index in [2.05, 4.69) is 0 Å². The Hall–Kier alpha value is 0.920. The van der Waals surface area contributed by atoms with E-state index in [1.807, 2.05) is 0 Å². The number of hydrogen-bond donors (Lipinski definition) is 0. The van der Waals surface area contributed by atoms with Gasteiger partial charge in [0, 0.05) is 9.85 Å². The molecule has 0 saturated heterocycles. The van der Waals surface area contributed by atoms with Gasteiger partial charge in [-0.05, 0) is 17.7 Å². The van der Waals surface area contributed by atoms with Crippen LogP contribution >= 0.6 is 116 Å². The van der Waals surface area contributed by atoms with Gasteiger partial charge in [0.05, 0.1) is 20.5 Å². The molecule has 0 aromatic rings. The van der Waals surface area contributed by atoms with Gasteiger partial charge in [-0.25, -0.2) is 0 Å². The van der Waals surface area contributed by atoms with E-state index in [-0.39, 0.29) is 0 Å². The maximum Gasteiger partial charge on any atom is 0.359 e. The first kappa shape index (κ1) is 25.2. The molecule has 2 aliphatic carbocycles. The summed E-state index contributed by atoms with van der Waals surface area (Å²) in [6.45, 7) is 0. The van der Waals surface area contributed by atoms with Crippen LogP contribution in [-0.4, -0.2) is 40.3 Å². The Labute approximate surface area is 207 Å². The third-order valence-corrected chi connectivity index (χ3v) is 10.4. The monoisotopic (exact) mass is 590 g/mol. The molecule has 0 radical (unpaired) electrons. The molecule has 0 aromatic carbocycles. The van der Waals surface area contributed by atoms with Crippen molar-refractivity contribution in [1.82, 2.24) is 0 Å². The van der Waals surface area contributed by atoms with Gasteiger partial charge in [0.15, 0.2) is 0 Å². The summed E-state index contributed by atoms with van der Waals surface area (Å²) in [5.74, 6) is 0. The fourth-order valence-corrected chi connectivity index (χ4v) is 6.69. The Morgan fingerprint density at radius 3 is 1.82 bits per heavy atom. The van der Waals surface area contributed by atoms with E-state index in [9.17, 15) is 20.2 Å². The van der Waals surface area contributed by atoms with Gasteiger partial charge in [-0.1, -0.05) is 87.3 Å². The molecule has 0 spiro atoms. The van der Waals surface area contributed by atoms with Gasteiger partial charge in [-0.15, -0.1) is 23.2 Å². The minimum Gasteiger partial charge on any atom is -0.263 e. The fraction of sp³-hybridized carbons (Fsp3) is 0.500. The Kier molecular flexibility index (Phi) is 7.02. The number of halogens is 10. The molecule has 28 heavy (non-hydrogen) atoms. The Balaban J connectivity index is 3.08. The van der Waals surface area contributed by atoms with Crippen molar-refractivity contribution in [2.24, 2.45) is 0 Å². The van der Waals surface area contributed by atoms with Gasteiger partial charge in [0.1, 0.15) is 10.4 Å². The molecule has 0 N–H and O–H groups in total. The van der Waals surface area contributed by atoms with E-state index >= 15 is 0 Å². The maximum absolute atomic E-state index is 12.3. The molecule has 2 aliphatic rings. The number of nitro groups is 2. The minimum absolute atomic E-state index is 0.412. The van der Waals surface area contributed by atoms with Crippen LogP contribution in [0.3, 0.4) is 0 Å². The van der Waals surface area contributed by atoms with Crippen LogP contribution in [0.15, 0.2) is 32.3 Å². The Morgan fingerprint density at radius 1 is 0.893 bits per heavy atom. The van der Waals surface area contributed by atoms with Crippen molar-refractivity contribution in [3.63, 3.8) is 0 Å². The standard InChI is InChI=1S/C12H4Cl10N2O4/c13-3-1-2-9(19,12(22,24(27)28)11(3,20)21)10(23(25)26)7(17)5(15)4(14)6(16)8(10)18/h1-3,7H. The van der Waals surface area contributed by atoms with Gasteiger partial charge in [-0.2, -0.15) is 0 Å². The highest BCUT2D eigenvalue weighted by molar-refractivity contribution is 6.59. The van der Waals surface area contributed by atoms with Gasteiger partial charge in [0.2, 0.25) is 9.21 Å². The third-order valence-electron chi connectivity index (χ3n) is 4.38. The summed E-state index contributed by atoms with van der Waals surface area (Å²) in [4.78, 5) is 15.8. The van der Waals surface area contributed by atoms with Crippen molar-refractivity contribution < 1.29 is 9.85 Å². The molecular weight excluding hydrogens is 591 g/mol. The van der Waals surface area contributed by atoms with Gasteiger partial charge >= 0.3 is 10.5 Å². The van der Waals surface area contributed by atoms with Gasteiger partial charge in [0.25, 0.3) is 0 Å². The van der Waals surface area contributed by atoms with Crippen molar-refractivity contribution >= 4 is 116 Å². The zero-order valence-corrected chi connectivity index (χ0v) is 20.2. The van der Waals surface area contributed by atoms with Crippen LogP contribution in [0.4, 0.5) is 0 Å². The average Bonchev–Trinajstić information content (AvgIpc) is 2.60. The van der Waals surface area contributed by atoms with E-state index in [1.165, 1.54) is 0 Å². The van der Waals surface area contributed by atoms with Crippen LogP contribution in [0, 0.1) is 20.2 Å². The Morgan fingerprint density at radius 2 is 1.39 bits per heavy atom. The van der Waals surface area contributed by atoms with Crippen molar-refractivity contribution in [3.05, 3.63) is 52.5 Å². The zero-order valence-electron chi connectivity index (χ0n) is 12.6. The van der Waals surface area contributed by atoms with Crippen molar-refractivity contribution in [1.29, 1.82) is 0 Å². The topological polar surface area (TPSA) is 86.3 Å². The average molecular weight is 595 g/mol. The third kappa shape index (κ3) is 2.83. The molecule has 0 amide bonds. The molecule has 16 heteroatoms. The lowest BCUT2D eigenvalue weighted by atomic mass is 9.70. The molecule has 0 aromatic heterocycles. The highest BCUT2D eigenvalue weighted by Gasteiger charge is 2.87. The molecule has 5 atom stereocenters. The molecule has 5 unspecified atom stereocenters. The Bertz CT molecular complexity index is 859. The summed E-state index contributed by atoms with van der Waals surface area (Å²) in [7, 11) is 0. The number of rotatable bonds is 3. The minimum atomic E-state index is -3.23. The second-order valence-electron chi connectivity index (χ2n) is 5.65. The van der Waals surface area contributed by atoms with Crippen LogP contribution < -0.4 is 0 Å². The number of nitrogens with zero attached hydrogens (tertiary/aromatic N) is 2. The lowest BCUT2D eigenvalue weighted by Gasteiger charge is -2.50. The second-order valence-corrected chi connectivity index (χ2v) is 10.6. The first-order chi connectivity index (χ1) is 12.6. The van der Waals surface area contributed by atoms with E-state index in [0.717, 1.165) is 12.2 Å². The van der Waals surface area contributed by atoms with E-state index in [0.29, 0.717) is 0 Å². The summed E-state index contributed by atoms with van der Waals surface area (Å²) >= 11 is 61.1. The summed E-state index contributed by atoms with van der Waals surface area (Å²) in [5, 5.41) is 18.4. The van der Waals surface area contributed by atoms with Crippen LogP contribution in [0.2, 0.25) is 0 Å². The van der Waals surface area contributed by atoms with E-state index in [1.54, 1.807) is 0 Å². The molecular formula is C12H4Cl10N2O4. The van der Waals surface area contributed by atoms with Crippen LogP contribution in [-0.2, 0) is 0 Å². The predicted molar refractivity (Wildman–Crippen MR) is 114 cm³/mol. The van der Waals surface area contributed by atoms with E-state index in [4.69, 9.17) is 116 Å². The van der Waals surface area contributed by atoms with Gasteiger partial charge in [-0.3, -0.25) is 20.2 Å². The lowest BCUT2D eigenvalue weighted by Crippen LogP contribution is -2.77. The van der Waals surface area contributed by atoms with Crippen molar-refractivity contribution in [3.8, 4) is 0 Å². The highest BCUT2D eigenvalue weighted by atomic mass is 35.5. The first-order valence-corrected chi connectivity index (χ1v) is 10.6. The smallest absolute Gasteiger partial charge is 0.263 e. The largest absolute Gasteiger partial charge is 0.359 e. The molecule has 0 fully saturated rings. The van der Waals surface area contributed by atoms with E-state index < -0.39 is 60.5 Å². The normalized spacial score (nSPS) is 40.6.